The van der Waals surface area contributed by atoms with Crippen molar-refractivity contribution in [2.45, 2.75) is 6.61 Å². The minimum Gasteiger partial charge on any atom is -0.493 e. The number of nitrogens with zero attached hydrogens (tertiary/aromatic N) is 3. The Hall–Kier alpha value is -3.33. The minimum absolute atomic E-state index is 0.0675. The number of ether oxygens (including phenoxy) is 2. The fourth-order valence-corrected chi connectivity index (χ4v) is 2.42. The highest BCUT2D eigenvalue weighted by atomic mass is 32.1. The van der Waals surface area contributed by atoms with E-state index in [1.54, 1.807) is 36.4 Å². The Balaban J connectivity index is 1.80. The van der Waals surface area contributed by atoms with Crippen molar-refractivity contribution >= 4 is 18.4 Å². The summed E-state index contributed by atoms with van der Waals surface area (Å²) in [6, 6.07) is 11.5. The summed E-state index contributed by atoms with van der Waals surface area (Å²) in [7, 11) is 1.50. The minimum atomic E-state index is -0.452. The molecule has 0 aliphatic heterocycles. The highest BCUT2D eigenvalue weighted by Gasteiger charge is 2.08. The second-order valence-electron chi connectivity index (χ2n) is 5.36. The second kappa shape index (κ2) is 8.37. The van der Waals surface area contributed by atoms with Gasteiger partial charge in [0.25, 0.3) is 5.56 Å². The molecule has 2 aromatic carbocycles. The van der Waals surface area contributed by atoms with E-state index in [1.807, 2.05) is 0 Å². The first-order valence-electron chi connectivity index (χ1n) is 7.84. The molecule has 1 heterocycles. The Morgan fingerprint density at radius 2 is 2.11 bits per heavy atom. The van der Waals surface area contributed by atoms with Crippen LogP contribution in [-0.4, -0.2) is 28.2 Å². The molecule has 3 aromatic rings. The Bertz CT molecular complexity index is 1070. The van der Waals surface area contributed by atoms with Crippen LogP contribution in [0.15, 0.2) is 58.6 Å². The molecule has 0 saturated heterocycles. The summed E-state index contributed by atoms with van der Waals surface area (Å²) in [6.45, 7) is 0.0675. The van der Waals surface area contributed by atoms with Gasteiger partial charge in [-0.15, -0.1) is 0 Å². The predicted molar refractivity (Wildman–Crippen MR) is 100 cm³/mol. The van der Waals surface area contributed by atoms with Crippen molar-refractivity contribution in [3.05, 3.63) is 80.7 Å². The van der Waals surface area contributed by atoms with Gasteiger partial charge in [0, 0.05) is 5.56 Å². The third-order valence-electron chi connectivity index (χ3n) is 3.59. The Morgan fingerprint density at radius 3 is 2.85 bits per heavy atom. The van der Waals surface area contributed by atoms with Crippen molar-refractivity contribution in [3.8, 4) is 11.5 Å². The van der Waals surface area contributed by atoms with Gasteiger partial charge in [-0.05, 0) is 42.0 Å². The number of aromatic nitrogens is 3. The van der Waals surface area contributed by atoms with Crippen molar-refractivity contribution in [1.29, 1.82) is 0 Å². The van der Waals surface area contributed by atoms with Gasteiger partial charge in [-0.25, -0.2) is 4.39 Å². The van der Waals surface area contributed by atoms with Gasteiger partial charge in [0.05, 0.1) is 13.3 Å². The lowest BCUT2D eigenvalue weighted by molar-refractivity contribution is 0.279. The quantitative estimate of drug-likeness (QED) is 0.520. The Labute approximate surface area is 158 Å². The summed E-state index contributed by atoms with van der Waals surface area (Å²) in [6.07, 6.45) is 2.53. The molecule has 9 heteroatoms. The van der Waals surface area contributed by atoms with Crippen molar-refractivity contribution in [3.63, 3.8) is 0 Å². The molecular formula is C18H15FN4O3S. The SMILES string of the molecule is COc1cc(/C=N\n2c(=O)cn[nH]c2=S)ccc1OCc1ccccc1F. The summed E-state index contributed by atoms with van der Waals surface area (Å²) >= 11 is 4.97. The highest BCUT2D eigenvalue weighted by molar-refractivity contribution is 7.71. The molecular weight excluding hydrogens is 371 g/mol. The summed E-state index contributed by atoms with van der Waals surface area (Å²) < 4.78 is 25.8. The molecule has 138 valence electrons. The zero-order valence-electron chi connectivity index (χ0n) is 14.3. The van der Waals surface area contributed by atoms with E-state index in [2.05, 4.69) is 15.3 Å². The predicted octanol–water partition coefficient (Wildman–Crippen LogP) is 2.91. The van der Waals surface area contributed by atoms with Gasteiger partial charge in [0.15, 0.2) is 11.5 Å². The molecule has 0 amide bonds. The first-order chi connectivity index (χ1) is 13.1. The number of hydrogen-bond acceptors (Lipinski definition) is 6. The summed E-state index contributed by atoms with van der Waals surface area (Å²) in [5.41, 5.74) is 0.645. The van der Waals surface area contributed by atoms with Crippen LogP contribution < -0.4 is 15.0 Å². The molecule has 1 aromatic heterocycles. The number of nitrogens with one attached hydrogen (secondary N) is 1. The van der Waals surface area contributed by atoms with E-state index >= 15 is 0 Å². The van der Waals surface area contributed by atoms with Crippen molar-refractivity contribution in [2.24, 2.45) is 5.10 Å². The van der Waals surface area contributed by atoms with E-state index in [9.17, 15) is 9.18 Å². The molecule has 1 N–H and O–H groups in total. The first kappa shape index (κ1) is 18.5. The third kappa shape index (κ3) is 4.45. The molecule has 0 atom stereocenters. The lowest BCUT2D eigenvalue weighted by Gasteiger charge is -2.11. The maximum Gasteiger partial charge on any atom is 0.293 e. The maximum atomic E-state index is 13.7. The molecule has 7 nitrogen and oxygen atoms in total. The molecule has 0 radical (unpaired) electrons. The van der Waals surface area contributed by atoms with Crippen LogP contribution in [0, 0.1) is 10.6 Å². The van der Waals surface area contributed by atoms with E-state index in [0.717, 1.165) is 10.9 Å². The molecule has 3 rings (SSSR count). The van der Waals surface area contributed by atoms with Crippen LogP contribution in [0.3, 0.4) is 0 Å². The number of rotatable bonds is 6. The van der Waals surface area contributed by atoms with Crippen molar-refractivity contribution in [1.82, 2.24) is 14.9 Å². The van der Waals surface area contributed by atoms with Gasteiger partial charge in [-0.2, -0.15) is 14.9 Å². The summed E-state index contributed by atoms with van der Waals surface area (Å²) in [4.78, 5) is 11.7. The van der Waals surface area contributed by atoms with E-state index in [-0.39, 0.29) is 17.2 Å². The third-order valence-corrected chi connectivity index (χ3v) is 3.85. The van der Waals surface area contributed by atoms with Crippen LogP contribution in [0.5, 0.6) is 11.5 Å². The smallest absolute Gasteiger partial charge is 0.293 e. The lowest BCUT2D eigenvalue weighted by atomic mass is 10.2. The van der Waals surface area contributed by atoms with E-state index in [4.69, 9.17) is 21.7 Å². The molecule has 27 heavy (non-hydrogen) atoms. The van der Waals surface area contributed by atoms with Crippen LogP contribution in [0.25, 0.3) is 0 Å². The number of benzene rings is 2. The molecule has 0 fully saturated rings. The van der Waals surface area contributed by atoms with Crippen molar-refractivity contribution in [2.75, 3.05) is 7.11 Å². The van der Waals surface area contributed by atoms with E-state index in [0.29, 0.717) is 22.6 Å². The number of methoxy groups -OCH3 is 1. The van der Waals surface area contributed by atoms with Gasteiger partial charge in [0.2, 0.25) is 4.77 Å². The zero-order valence-corrected chi connectivity index (χ0v) is 15.1. The van der Waals surface area contributed by atoms with Gasteiger partial charge < -0.3 is 9.47 Å². The van der Waals surface area contributed by atoms with Crippen molar-refractivity contribution < 1.29 is 13.9 Å². The topological polar surface area (TPSA) is 81.5 Å². The maximum absolute atomic E-state index is 13.7. The van der Waals surface area contributed by atoms with E-state index in [1.165, 1.54) is 19.4 Å². The Morgan fingerprint density at radius 1 is 1.30 bits per heavy atom. The van der Waals surface area contributed by atoms with Crippen LogP contribution >= 0.6 is 12.2 Å². The van der Waals surface area contributed by atoms with Crippen LogP contribution in [-0.2, 0) is 6.61 Å². The van der Waals surface area contributed by atoms with Crippen LogP contribution in [0.4, 0.5) is 4.39 Å². The zero-order chi connectivity index (χ0) is 19.2. The average Bonchev–Trinajstić information content (AvgIpc) is 2.67. The summed E-state index contributed by atoms with van der Waals surface area (Å²) in [5, 5.41) is 10.1. The Kier molecular flexibility index (Phi) is 5.72. The average molecular weight is 386 g/mol. The van der Waals surface area contributed by atoms with Crippen LogP contribution in [0.1, 0.15) is 11.1 Å². The van der Waals surface area contributed by atoms with Gasteiger partial charge in [0.1, 0.15) is 18.6 Å². The highest BCUT2D eigenvalue weighted by Crippen LogP contribution is 2.28. The largest absolute Gasteiger partial charge is 0.493 e. The molecule has 0 spiro atoms. The van der Waals surface area contributed by atoms with Gasteiger partial charge >= 0.3 is 0 Å². The summed E-state index contributed by atoms with van der Waals surface area (Å²) in [5.74, 6) is 0.568. The number of H-pyrrole nitrogens is 1. The molecule has 0 aliphatic rings. The number of aromatic amines is 1. The normalized spacial score (nSPS) is 10.9. The number of halogens is 1. The van der Waals surface area contributed by atoms with Gasteiger partial charge in [-0.1, -0.05) is 18.2 Å². The van der Waals surface area contributed by atoms with Crippen LogP contribution in [0.2, 0.25) is 0 Å². The first-order valence-corrected chi connectivity index (χ1v) is 8.24. The number of hydrogen-bond donors (Lipinski definition) is 1. The second-order valence-corrected chi connectivity index (χ2v) is 5.75. The molecule has 0 unspecified atom stereocenters. The lowest BCUT2D eigenvalue weighted by Crippen LogP contribution is -2.18. The molecule has 0 aliphatic carbocycles. The molecule has 0 bridgehead atoms. The fourth-order valence-electron chi connectivity index (χ4n) is 2.23. The van der Waals surface area contributed by atoms with Gasteiger partial charge in [-0.3, -0.25) is 9.89 Å². The monoisotopic (exact) mass is 386 g/mol. The molecule has 0 saturated carbocycles. The standard InChI is InChI=1S/C18H15FN4O3S/c1-25-16-8-12(9-21-23-17(24)10-20-22-18(23)27)6-7-15(16)26-11-13-4-2-3-5-14(13)19/h2-10H,11H2,1H3,(H,22,27)/b21-9-. The fraction of sp³-hybridized carbons (Fsp3) is 0.111. The van der Waals surface area contributed by atoms with E-state index < -0.39 is 5.56 Å².